The smallest absolute Gasteiger partial charge is 0.250 e. The van der Waals surface area contributed by atoms with Crippen molar-refractivity contribution < 1.29 is 4.79 Å². The molecule has 0 radical (unpaired) electrons. The van der Waals surface area contributed by atoms with E-state index >= 15 is 0 Å². The number of hydrogen-bond donors (Lipinski definition) is 2. The Morgan fingerprint density at radius 3 is 2.35 bits per heavy atom. The first-order valence-corrected chi connectivity index (χ1v) is 16.0. The van der Waals surface area contributed by atoms with Gasteiger partial charge >= 0.3 is 0 Å². The van der Waals surface area contributed by atoms with Gasteiger partial charge in [0.2, 0.25) is 11.5 Å². The maximum absolute atomic E-state index is 14.0. The molecule has 0 spiro atoms. The quantitative estimate of drug-likeness (QED) is 0.232. The third-order valence-corrected chi connectivity index (χ3v) is 9.93. The number of benzene rings is 2. The SMILES string of the molecule is Cc1cc(C)cc(-c2[nH]c3ccc(C(C)(C)C(=O)N4CC5CCC4CC5)cc3c2CCNCCc2ccc(=O)n(C)c2)c1. The van der Waals surface area contributed by atoms with E-state index in [1.54, 1.807) is 17.7 Å². The number of aromatic nitrogens is 2. The zero-order valence-electron chi connectivity index (χ0n) is 26.4. The molecule has 2 bridgehead atoms. The molecular formula is C37H46N4O2. The van der Waals surface area contributed by atoms with Crippen LogP contribution in [0.2, 0.25) is 0 Å². The van der Waals surface area contributed by atoms with Gasteiger partial charge in [-0.1, -0.05) is 29.3 Å². The van der Waals surface area contributed by atoms with Gasteiger partial charge in [0.25, 0.3) is 0 Å². The maximum Gasteiger partial charge on any atom is 0.250 e. The number of carbonyl (C=O) groups excluding carboxylic acids is 1. The molecule has 226 valence electrons. The predicted molar refractivity (Wildman–Crippen MR) is 176 cm³/mol. The topological polar surface area (TPSA) is 70.1 Å². The van der Waals surface area contributed by atoms with E-state index in [0.29, 0.717) is 12.0 Å². The van der Waals surface area contributed by atoms with Crippen molar-refractivity contribution >= 4 is 16.8 Å². The second kappa shape index (κ2) is 11.8. The molecule has 1 aliphatic carbocycles. The second-order valence-electron chi connectivity index (χ2n) is 13.6. The minimum atomic E-state index is -0.589. The molecule has 0 unspecified atom stereocenters. The maximum atomic E-state index is 14.0. The van der Waals surface area contributed by atoms with Crippen LogP contribution in [0.4, 0.5) is 0 Å². The van der Waals surface area contributed by atoms with Crippen LogP contribution < -0.4 is 10.9 Å². The highest BCUT2D eigenvalue weighted by Gasteiger charge is 2.42. The van der Waals surface area contributed by atoms with Crippen LogP contribution in [0.3, 0.4) is 0 Å². The summed E-state index contributed by atoms with van der Waals surface area (Å²) in [6.45, 7) is 11.1. The molecule has 1 saturated carbocycles. The summed E-state index contributed by atoms with van der Waals surface area (Å²) in [5.41, 5.74) is 8.92. The number of nitrogens with zero attached hydrogens (tertiary/aromatic N) is 2. The zero-order chi connectivity index (χ0) is 30.3. The van der Waals surface area contributed by atoms with Gasteiger partial charge < -0.3 is 19.8 Å². The first-order valence-electron chi connectivity index (χ1n) is 16.0. The Hall–Kier alpha value is -3.64. The van der Waals surface area contributed by atoms with Crippen molar-refractivity contribution in [2.24, 2.45) is 13.0 Å². The molecule has 2 aromatic carbocycles. The fraction of sp³-hybridized carbons (Fsp3) is 0.459. The number of amides is 1. The van der Waals surface area contributed by atoms with Gasteiger partial charge in [-0.3, -0.25) is 9.59 Å². The van der Waals surface area contributed by atoms with Crippen LogP contribution in [-0.4, -0.2) is 46.0 Å². The third kappa shape index (κ3) is 5.95. The van der Waals surface area contributed by atoms with Crippen LogP contribution in [0.25, 0.3) is 22.2 Å². The Kier molecular flexibility index (Phi) is 8.08. The predicted octanol–water partition coefficient (Wildman–Crippen LogP) is 6.20. The van der Waals surface area contributed by atoms with Crippen LogP contribution in [0.15, 0.2) is 59.5 Å². The van der Waals surface area contributed by atoms with Crippen LogP contribution in [0.1, 0.15) is 67.3 Å². The zero-order valence-corrected chi connectivity index (χ0v) is 26.4. The third-order valence-electron chi connectivity index (χ3n) is 9.93. The van der Waals surface area contributed by atoms with Crippen LogP contribution in [0, 0.1) is 19.8 Å². The van der Waals surface area contributed by atoms with Gasteiger partial charge in [-0.05, 0) is 132 Å². The van der Waals surface area contributed by atoms with Gasteiger partial charge in [0, 0.05) is 48.5 Å². The summed E-state index contributed by atoms with van der Waals surface area (Å²) in [6.07, 6.45) is 8.50. The molecule has 3 fully saturated rings. The number of fused-ring (bicyclic) bond motifs is 4. The molecule has 2 aliphatic heterocycles. The van der Waals surface area contributed by atoms with Gasteiger partial charge in [-0.15, -0.1) is 0 Å². The monoisotopic (exact) mass is 578 g/mol. The van der Waals surface area contributed by atoms with Crippen molar-refractivity contribution in [3.05, 3.63) is 92.9 Å². The first kappa shape index (κ1) is 29.4. The number of pyridine rings is 1. The molecule has 2 aromatic heterocycles. The molecule has 4 heterocycles. The van der Waals surface area contributed by atoms with Gasteiger partial charge in [-0.2, -0.15) is 0 Å². The average molecular weight is 579 g/mol. The minimum absolute atomic E-state index is 0.0161. The normalized spacial score (nSPS) is 18.5. The summed E-state index contributed by atoms with van der Waals surface area (Å²) in [5, 5.41) is 4.83. The highest BCUT2D eigenvalue weighted by atomic mass is 16.2. The Morgan fingerprint density at radius 2 is 1.67 bits per heavy atom. The van der Waals surface area contributed by atoms with Crippen molar-refractivity contribution in [3.8, 4) is 11.3 Å². The number of nitrogens with one attached hydrogen (secondary N) is 2. The Bertz CT molecular complexity index is 1680. The largest absolute Gasteiger partial charge is 0.354 e. The summed E-state index contributed by atoms with van der Waals surface area (Å²) in [6, 6.07) is 17.3. The molecule has 4 aromatic rings. The molecule has 3 aliphatic rings. The van der Waals surface area contributed by atoms with Crippen LogP contribution in [-0.2, 0) is 30.1 Å². The van der Waals surface area contributed by atoms with E-state index in [9.17, 15) is 9.59 Å². The molecule has 2 saturated heterocycles. The molecule has 7 rings (SSSR count). The van der Waals surface area contributed by atoms with E-state index in [4.69, 9.17) is 0 Å². The van der Waals surface area contributed by atoms with E-state index in [1.165, 1.54) is 40.5 Å². The second-order valence-corrected chi connectivity index (χ2v) is 13.6. The fourth-order valence-electron chi connectivity index (χ4n) is 7.43. The molecule has 6 heteroatoms. The van der Waals surface area contributed by atoms with Crippen molar-refractivity contribution in [1.29, 1.82) is 0 Å². The van der Waals surface area contributed by atoms with Crippen molar-refractivity contribution in [2.45, 2.75) is 77.7 Å². The van der Waals surface area contributed by atoms with Gasteiger partial charge in [-0.25, -0.2) is 0 Å². The summed E-state index contributed by atoms with van der Waals surface area (Å²) < 4.78 is 1.64. The van der Waals surface area contributed by atoms with Gasteiger partial charge in [0.15, 0.2) is 0 Å². The summed E-state index contributed by atoms with van der Waals surface area (Å²) in [7, 11) is 1.80. The molecular weight excluding hydrogens is 532 g/mol. The lowest BCUT2D eigenvalue weighted by Crippen LogP contribution is -2.55. The molecule has 0 atom stereocenters. The average Bonchev–Trinajstić information content (AvgIpc) is 3.36. The van der Waals surface area contributed by atoms with E-state index in [1.807, 2.05) is 12.3 Å². The standard InChI is InChI=1S/C37H46N4O2/c1-24-18-25(2)20-28(19-24)35-31(15-17-38-16-14-27-8-13-34(42)40(5)22-27)32-21-29(9-12-33(32)39-35)37(3,4)36(43)41-23-26-6-10-30(41)11-7-26/h8-9,12-13,18-22,26,30,38-39H,6-7,10-11,14-17,23H2,1-5H3. The molecule has 1 amide bonds. The molecule has 2 N–H and O–H groups in total. The molecule has 43 heavy (non-hydrogen) atoms. The van der Waals surface area contributed by atoms with Crippen molar-refractivity contribution in [2.75, 3.05) is 19.6 Å². The Balaban J connectivity index is 1.28. The minimum Gasteiger partial charge on any atom is -0.354 e. The number of carbonyl (C=O) groups is 1. The van der Waals surface area contributed by atoms with Gasteiger partial charge in [0.05, 0.1) is 5.41 Å². The Morgan fingerprint density at radius 1 is 0.953 bits per heavy atom. The lowest BCUT2D eigenvalue weighted by molar-refractivity contribution is -0.144. The van der Waals surface area contributed by atoms with Crippen LogP contribution in [0.5, 0.6) is 0 Å². The summed E-state index contributed by atoms with van der Waals surface area (Å²) >= 11 is 0. The van der Waals surface area contributed by atoms with E-state index < -0.39 is 5.41 Å². The van der Waals surface area contributed by atoms with E-state index in [2.05, 4.69) is 79.3 Å². The highest BCUT2D eigenvalue weighted by molar-refractivity contribution is 5.94. The lowest BCUT2D eigenvalue weighted by Gasteiger charge is -2.47. The summed E-state index contributed by atoms with van der Waals surface area (Å²) in [5.74, 6) is 0.943. The van der Waals surface area contributed by atoms with Crippen molar-refractivity contribution in [1.82, 2.24) is 19.8 Å². The van der Waals surface area contributed by atoms with E-state index in [-0.39, 0.29) is 11.5 Å². The number of piperidine rings is 2. The number of aryl methyl sites for hydroxylation is 3. The molecule has 6 nitrogen and oxygen atoms in total. The van der Waals surface area contributed by atoms with E-state index in [0.717, 1.165) is 67.7 Å². The number of aromatic amines is 1. The number of rotatable bonds is 9. The number of H-pyrrole nitrogens is 1. The Labute approximate surface area is 255 Å². The first-order chi connectivity index (χ1) is 20.6. The fourth-order valence-corrected chi connectivity index (χ4v) is 7.43. The number of hydrogen-bond acceptors (Lipinski definition) is 3. The van der Waals surface area contributed by atoms with Crippen LogP contribution >= 0.6 is 0 Å². The lowest BCUT2D eigenvalue weighted by atomic mass is 9.76. The van der Waals surface area contributed by atoms with Crippen molar-refractivity contribution in [3.63, 3.8) is 0 Å². The highest BCUT2D eigenvalue weighted by Crippen LogP contribution is 2.39. The van der Waals surface area contributed by atoms with Gasteiger partial charge in [0.1, 0.15) is 0 Å². The summed E-state index contributed by atoms with van der Waals surface area (Å²) in [4.78, 5) is 31.7.